The lowest BCUT2D eigenvalue weighted by molar-refractivity contribution is -0.168. The van der Waals surface area contributed by atoms with Gasteiger partial charge in [-0.15, -0.1) is 0 Å². The van der Waals surface area contributed by atoms with Crippen molar-refractivity contribution in [3.8, 4) is 0 Å². The van der Waals surface area contributed by atoms with E-state index in [1.807, 2.05) is 0 Å². The Labute approximate surface area is 96.1 Å². The maximum Gasteiger partial charge on any atom is 0.406 e. The number of hydrogen-bond acceptors (Lipinski definition) is 3. The number of amides is 1. The zero-order chi connectivity index (χ0) is 13.6. The number of hydrogen-bond donors (Lipinski definition) is 1. The Kier molecular flexibility index (Phi) is 5.94. The van der Waals surface area contributed by atoms with Crippen LogP contribution < -0.4 is 0 Å². The van der Waals surface area contributed by atoms with Crippen LogP contribution in [0, 0.1) is 0 Å². The van der Waals surface area contributed by atoms with E-state index < -0.39 is 43.9 Å². The van der Waals surface area contributed by atoms with Gasteiger partial charge in [0.25, 0.3) is 0 Å². The van der Waals surface area contributed by atoms with Gasteiger partial charge in [-0.1, -0.05) is 0 Å². The predicted octanol–water partition coefficient (Wildman–Crippen LogP) is 0.887. The second kappa shape index (κ2) is 6.43. The van der Waals surface area contributed by atoms with E-state index >= 15 is 0 Å². The highest BCUT2D eigenvalue weighted by Gasteiger charge is 2.34. The lowest BCUT2D eigenvalue weighted by Crippen LogP contribution is -2.45. The highest BCUT2D eigenvalue weighted by molar-refractivity contribution is 5.78. The van der Waals surface area contributed by atoms with Crippen molar-refractivity contribution in [2.24, 2.45) is 0 Å². The van der Waals surface area contributed by atoms with E-state index in [4.69, 9.17) is 5.11 Å². The maximum absolute atomic E-state index is 12.1. The number of alkyl halides is 3. The summed E-state index contributed by atoms with van der Waals surface area (Å²) in [5.74, 6) is -2.18. The van der Waals surface area contributed by atoms with Gasteiger partial charge in [-0.3, -0.25) is 4.79 Å². The van der Waals surface area contributed by atoms with Crippen LogP contribution in [-0.4, -0.2) is 53.9 Å². The summed E-state index contributed by atoms with van der Waals surface area (Å²) >= 11 is 0. The molecule has 17 heavy (non-hydrogen) atoms. The molecule has 8 heteroatoms. The Balaban J connectivity index is 4.31. The molecule has 0 atom stereocenters. The molecule has 0 radical (unpaired) electrons. The Hall–Kier alpha value is -1.31. The molecule has 0 aromatic heterocycles. The molecule has 0 aliphatic rings. The van der Waals surface area contributed by atoms with E-state index in [-0.39, 0.29) is 0 Å². The number of nitrogens with zero attached hydrogens (tertiary/aromatic N) is 1. The van der Waals surface area contributed by atoms with Crippen molar-refractivity contribution in [3.05, 3.63) is 0 Å². The smallest absolute Gasteiger partial charge is 0.406 e. The number of rotatable bonds is 6. The van der Waals surface area contributed by atoms with E-state index in [1.54, 1.807) is 0 Å². The van der Waals surface area contributed by atoms with Gasteiger partial charge in [-0.05, 0) is 13.8 Å². The Morgan fingerprint density at radius 2 is 1.82 bits per heavy atom. The normalized spacial score (nSPS) is 11.6. The van der Waals surface area contributed by atoms with Gasteiger partial charge in [-0.25, -0.2) is 4.79 Å². The third kappa shape index (κ3) is 7.56. The Bertz CT molecular complexity index is 278. The zero-order valence-electron chi connectivity index (χ0n) is 9.45. The molecule has 0 aromatic carbocycles. The van der Waals surface area contributed by atoms with Gasteiger partial charge in [0.05, 0.1) is 0 Å². The lowest BCUT2D eigenvalue weighted by atomic mass is 10.3. The van der Waals surface area contributed by atoms with Crippen molar-refractivity contribution in [2.75, 3.05) is 19.8 Å². The van der Waals surface area contributed by atoms with Gasteiger partial charge in [0.1, 0.15) is 19.8 Å². The molecule has 0 heterocycles. The molecule has 0 aliphatic carbocycles. The molecule has 0 spiro atoms. The molecule has 0 unspecified atom stereocenters. The maximum atomic E-state index is 12.1. The minimum absolute atomic E-state index is 0.585. The number of carboxylic acids is 1. The molecule has 0 saturated heterocycles. The van der Waals surface area contributed by atoms with E-state index in [0.717, 1.165) is 0 Å². The van der Waals surface area contributed by atoms with Crippen LogP contribution >= 0.6 is 0 Å². The van der Waals surface area contributed by atoms with E-state index in [2.05, 4.69) is 4.74 Å². The first-order valence-electron chi connectivity index (χ1n) is 4.79. The summed E-state index contributed by atoms with van der Waals surface area (Å²) in [6, 6.07) is -0.641. The summed E-state index contributed by atoms with van der Waals surface area (Å²) in [6.45, 7) is 0.0891. The van der Waals surface area contributed by atoms with Gasteiger partial charge < -0.3 is 14.7 Å². The molecule has 1 amide bonds. The molecule has 5 nitrogen and oxygen atoms in total. The summed E-state index contributed by atoms with van der Waals surface area (Å²) in [6.07, 6.45) is -4.49. The molecule has 0 aromatic rings. The van der Waals surface area contributed by atoms with Crippen LogP contribution in [0.1, 0.15) is 13.8 Å². The molecule has 0 bridgehead atoms. The van der Waals surface area contributed by atoms with Crippen LogP contribution in [0.15, 0.2) is 0 Å². The van der Waals surface area contributed by atoms with Crippen LogP contribution in [0.2, 0.25) is 0 Å². The Morgan fingerprint density at radius 3 is 2.18 bits per heavy atom. The molecule has 0 saturated carbocycles. The largest absolute Gasteiger partial charge is 0.480 e. The van der Waals surface area contributed by atoms with Crippen LogP contribution in [0.5, 0.6) is 0 Å². The van der Waals surface area contributed by atoms with E-state index in [1.165, 1.54) is 13.8 Å². The van der Waals surface area contributed by atoms with Gasteiger partial charge in [0.2, 0.25) is 5.91 Å². The summed E-state index contributed by atoms with van der Waals surface area (Å²) in [7, 11) is 0. The zero-order valence-corrected chi connectivity index (χ0v) is 9.45. The third-order valence-electron chi connectivity index (χ3n) is 1.74. The van der Waals surface area contributed by atoms with Crippen LogP contribution in [0.4, 0.5) is 13.2 Å². The first kappa shape index (κ1) is 15.7. The fraction of sp³-hybridized carbons (Fsp3) is 0.778. The van der Waals surface area contributed by atoms with Gasteiger partial charge >= 0.3 is 12.1 Å². The first-order valence-corrected chi connectivity index (χ1v) is 4.79. The van der Waals surface area contributed by atoms with Crippen LogP contribution in [0.25, 0.3) is 0 Å². The monoisotopic (exact) mass is 257 g/mol. The van der Waals surface area contributed by atoms with Gasteiger partial charge in [0, 0.05) is 6.04 Å². The molecule has 1 N–H and O–H groups in total. The number of carbonyl (C=O) groups excluding carboxylic acids is 1. The van der Waals surface area contributed by atoms with Gasteiger partial charge in [0.15, 0.2) is 0 Å². The number of carboxylic acid groups (broad SMARTS) is 1. The molecule has 0 rings (SSSR count). The van der Waals surface area contributed by atoms with E-state index in [9.17, 15) is 22.8 Å². The van der Waals surface area contributed by atoms with Crippen LogP contribution in [0.3, 0.4) is 0 Å². The quantitative estimate of drug-likeness (QED) is 0.767. The SMILES string of the molecule is CC(C)N(CC(F)(F)F)C(=O)COCC(=O)O. The number of aliphatic carboxylic acids is 1. The predicted molar refractivity (Wildman–Crippen MR) is 51.4 cm³/mol. The van der Waals surface area contributed by atoms with Crippen molar-refractivity contribution in [3.63, 3.8) is 0 Å². The molecule has 100 valence electrons. The summed E-state index contributed by atoms with van der Waals surface area (Å²) in [5, 5.41) is 8.23. The summed E-state index contributed by atoms with van der Waals surface area (Å²) in [4.78, 5) is 22.0. The second-order valence-corrected chi connectivity index (χ2v) is 3.62. The van der Waals surface area contributed by atoms with E-state index in [0.29, 0.717) is 4.90 Å². The molecular formula is C9H14F3NO4. The average Bonchev–Trinajstić information content (AvgIpc) is 2.11. The average molecular weight is 257 g/mol. The molecule has 0 fully saturated rings. The summed E-state index contributed by atoms with van der Waals surface area (Å²) < 4.78 is 40.9. The van der Waals surface area contributed by atoms with Crippen molar-refractivity contribution < 1.29 is 32.6 Å². The number of carbonyl (C=O) groups is 2. The van der Waals surface area contributed by atoms with Crippen molar-refractivity contribution >= 4 is 11.9 Å². The molecule has 0 aliphatic heterocycles. The second-order valence-electron chi connectivity index (χ2n) is 3.62. The standard InChI is InChI=1S/C9H14F3NO4/c1-6(2)13(5-9(10,11)12)7(14)3-17-4-8(15)16/h6H,3-5H2,1-2H3,(H,15,16). The van der Waals surface area contributed by atoms with Crippen molar-refractivity contribution in [2.45, 2.75) is 26.1 Å². The fourth-order valence-corrected chi connectivity index (χ4v) is 1.06. The highest BCUT2D eigenvalue weighted by Crippen LogP contribution is 2.18. The number of ether oxygens (including phenoxy) is 1. The van der Waals surface area contributed by atoms with Crippen LogP contribution in [-0.2, 0) is 14.3 Å². The highest BCUT2D eigenvalue weighted by atomic mass is 19.4. The number of halogens is 3. The topological polar surface area (TPSA) is 66.8 Å². The fourth-order valence-electron chi connectivity index (χ4n) is 1.06. The Morgan fingerprint density at radius 1 is 1.29 bits per heavy atom. The third-order valence-corrected chi connectivity index (χ3v) is 1.74. The minimum Gasteiger partial charge on any atom is -0.480 e. The van der Waals surface area contributed by atoms with Gasteiger partial charge in [-0.2, -0.15) is 13.2 Å². The summed E-state index contributed by atoms with van der Waals surface area (Å²) in [5.41, 5.74) is 0. The van der Waals surface area contributed by atoms with Crippen molar-refractivity contribution in [1.82, 2.24) is 4.90 Å². The molecular weight excluding hydrogens is 243 g/mol. The van der Waals surface area contributed by atoms with Crippen molar-refractivity contribution in [1.29, 1.82) is 0 Å². The minimum atomic E-state index is -4.49. The first-order chi connectivity index (χ1) is 7.63. The lowest BCUT2D eigenvalue weighted by Gasteiger charge is -2.27.